The van der Waals surface area contributed by atoms with Gasteiger partial charge in [0.15, 0.2) is 17.2 Å². The largest absolute Gasteiger partial charge is 0.490 e. The van der Waals surface area contributed by atoms with Crippen molar-refractivity contribution in [3.8, 4) is 11.5 Å². The van der Waals surface area contributed by atoms with Gasteiger partial charge in [-0.3, -0.25) is 15.0 Å². The van der Waals surface area contributed by atoms with Crippen LogP contribution in [-0.2, 0) is 16.6 Å². The van der Waals surface area contributed by atoms with Crippen molar-refractivity contribution in [2.24, 2.45) is 0 Å². The highest BCUT2D eigenvalue weighted by Gasteiger charge is 2.22. The smallest absolute Gasteiger partial charge is 0.287 e. The second kappa shape index (κ2) is 8.97. The van der Waals surface area contributed by atoms with Gasteiger partial charge >= 0.3 is 0 Å². The van der Waals surface area contributed by atoms with Crippen molar-refractivity contribution < 1.29 is 22.7 Å². The maximum absolute atomic E-state index is 12.8. The molecule has 0 bridgehead atoms. The predicted octanol–water partition coefficient (Wildman–Crippen LogP) is 1.59. The average Bonchev–Trinajstić information content (AvgIpc) is 3.04. The second-order valence-electron chi connectivity index (χ2n) is 7.14. The number of aromatic nitrogens is 2. The van der Waals surface area contributed by atoms with Crippen molar-refractivity contribution in [1.82, 2.24) is 20.0 Å². The fraction of sp³-hybridized carbons (Fsp3) is 0.286. The number of benzene rings is 2. The first-order valence-electron chi connectivity index (χ1n) is 10.1. The molecule has 0 saturated heterocycles. The summed E-state index contributed by atoms with van der Waals surface area (Å²) in [5.41, 5.74) is 1.81. The van der Waals surface area contributed by atoms with Crippen LogP contribution in [0.2, 0.25) is 0 Å². The molecular formula is C21H22N4O6S. The summed E-state index contributed by atoms with van der Waals surface area (Å²) in [6, 6.07) is 10.8. The van der Waals surface area contributed by atoms with E-state index in [0.717, 1.165) is 0 Å². The molecule has 11 heteroatoms. The second-order valence-corrected chi connectivity index (χ2v) is 8.82. The van der Waals surface area contributed by atoms with Crippen molar-refractivity contribution in [2.75, 3.05) is 13.2 Å². The number of nitrogens with zero attached hydrogens (tertiary/aromatic N) is 2. The van der Waals surface area contributed by atoms with E-state index in [1.807, 2.05) is 6.92 Å². The third-order valence-electron chi connectivity index (χ3n) is 4.85. The van der Waals surface area contributed by atoms with Crippen LogP contribution in [0.5, 0.6) is 11.5 Å². The number of carbonyl (C=O) groups is 1. The Hall–Kier alpha value is -3.44. The fourth-order valence-electron chi connectivity index (χ4n) is 3.31. The number of aryl methyl sites for hydroxylation is 1. The zero-order valence-corrected chi connectivity index (χ0v) is 18.1. The molecule has 0 spiro atoms. The molecule has 4 rings (SSSR count). The molecule has 1 aliphatic heterocycles. The lowest BCUT2D eigenvalue weighted by Crippen LogP contribution is -2.42. The summed E-state index contributed by atoms with van der Waals surface area (Å²) >= 11 is 0. The minimum Gasteiger partial charge on any atom is -0.490 e. The van der Waals surface area contributed by atoms with Crippen LogP contribution in [-0.4, -0.2) is 37.3 Å². The van der Waals surface area contributed by atoms with Gasteiger partial charge in [-0.05, 0) is 24.6 Å². The van der Waals surface area contributed by atoms with Gasteiger partial charge in [-0.25, -0.2) is 13.1 Å². The maximum Gasteiger partial charge on any atom is 0.287 e. The molecule has 0 saturated carbocycles. The lowest BCUT2D eigenvalue weighted by atomic mass is 10.1. The summed E-state index contributed by atoms with van der Waals surface area (Å²) in [5.74, 6) is -0.0145. The predicted molar refractivity (Wildman–Crippen MR) is 116 cm³/mol. The summed E-state index contributed by atoms with van der Waals surface area (Å²) in [5, 5.41) is 4.81. The van der Waals surface area contributed by atoms with Crippen LogP contribution in [0.1, 0.15) is 30.3 Å². The summed E-state index contributed by atoms with van der Waals surface area (Å²) < 4.78 is 37.7. The number of carbonyl (C=O) groups excluding carboxylic acids is 1. The summed E-state index contributed by atoms with van der Waals surface area (Å²) in [6.45, 7) is 3.10. The molecule has 10 nitrogen and oxygen atoms in total. The molecule has 1 amide bonds. The molecule has 3 aromatic rings. The molecule has 0 atom stereocenters. The number of sulfonamides is 1. The Morgan fingerprint density at radius 1 is 1.09 bits per heavy atom. The number of rotatable bonds is 6. The normalized spacial score (nSPS) is 13.5. The summed E-state index contributed by atoms with van der Waals surface area (Å²) in [6.07, 6.45) is 1.33. The molecule has 2 N–H and O–H groups in total. The number of hydrogen-bond donors (Lipinski definition) is 2. The van der Waals surface area contributed by atoms with Gasteiger partial charge < -0.3 is 9.47 Å². The Morgan fingerprint density at radius 3 is 2.56 bits per heavy atom. The molecule has 0 radical (unpaired) electrons. The zero-order chi connectivity index (χ0) is 22.7. The molecule has 0 aliphatic carbocycles. The maximum atomic E-state index is 12.8. The van der Waals surface area contributed by atoms with Crippen LogP contribution in [0.25, 0.3) is 10.8 Å². The third-order valence-corrected chi connectivity index (χ3v) is 6.09. The van der Waals surface area contributed by atoms with E-state index in [-0.39, 0.29) is 16.1 Å². The van der Waals surface area contributed by atoms with E-state index in [1.54, 1.807) is 24.3 Å². The lowest BCUT2D eigenvalue weighted by molar-refractivity contribution is 0.0939. The third kappa shape index (κ3) is 4.30. The van der Waals surface area contributed by atoms with Gasteiger partial charge in [-0.1, -0.05) is 25.1 Å². The first-order valence-corrected chi connectivity index (χ1v) is 11.6. The standard InChI is InChI=1S/C21H22N4O6S/c1-2-10-25-21(27)16-7-4-3-6-15(16)19(23-25)20(26)22-24-32(28,29)14-8-9-17-18(13-14)31-12-5-11-30-17/h3-4,6-9,13,24H,2,5,10-12H2,1H3,(H,22,26). The Balaban J connectivity index is 1.60. The van der Waals surface area contributed by atoms with Gasteiger partial charge in [0.1, 0.15) is 0 Å². The summed E-state index contributed by atoms with van der Waals surface area (Å²) in [4.78, 5) is 27.4. The van der Waals surface area contributed by atoms with Crippen molar-refractivity contribution in [3.05, 3.63) is 58.5 Å². The lowest BCUT2D eigenvalue weighted by Gasteiger charge is -2.13. The van der Waals surface area contributed by atoms with Crippen LogP contribution < -0.4 is 25.3 Å². The first-order chi connectivity index (χ1) is 15.4. The molecule has 2 heterocycles. The van der Waals surface area contributed by atoms with E-state index in [4.69, 9.17) is 9.47 Å². The van der Waals surface area contributed by atoms with Gasteiger partial charge in [0.05, 0.1) is 23.5 Å². The van der Waals surface area contributed by atoms with Crippen LogP contribution in [0.4, 0.5) is 0 Å². The van der Waals surface area contributed by atoms with E-state index < -0.39 is 15.9 Å². The minimum atomic E-state index is -4.10. The minimum absolute atomic E-state index is 0.0602. The Bertz CT molecular complexity index is 1340. The van der Waals surface area contributed by atoms with Crippen molar-refractivity contribution in [3.63, 3.8) is 0 Å². The monoisotopic (exact) mass is 458 g/mol. The number of fused-ring (bicyclic) bond motifs is 2. The van der Waals surface area contributed by atoms with Crippen LogP contribution in [0.3, 0.4) is 0 Å². The van der Waals surface area contributed by atoms with Gasteiger partial charge in [0.2, 0.25) is 0 Å². The molecule has 2 aromatic carbocycles. The number of ether oxygens (including phenoxy) is 2. The quantitative estimate of drug-likeness (QED) is 0.537. The zero-order valence-electron chi connectivity index (χ0n) is 17.3. The number of nitrogens with one attached hydrogen (secondary N) is 2. The SMILES string of the molecule is CCCn1nc(C(=O)NNS(=O)(=O)c2ccc3c(c2)OCCCO3)c2ccccc2c1=O. The number of hydrazine groups is 1. The van der Waals surface area contributed by atoms with Gasteiger partial charge in [-0.15, -0.1) is 4.83 Å². The van der Waals surface area contributed by atoms with Crippen LogP contribution in [0.15, 0.2) is 52.2 Å². The van der Waals surface area contributed by atoms with E-state index in [9.17, 15) is 18.0 Å². The number of amides is 1. The van der Waals surface area contributed by atoms with E-state index in [2.05, 4.69) is 15.4 Å². The van der Waals surface area contributed by atoms with Crippen molar-refractivity contribution >= 4 is 26.7 Å². The van der Waals surface area contributed by atoms with Crippen LogP contribution in [0, 0.1) is 0 Å². The van der Waals surface area contributed by atoms with Crippen LogP contribution >= 0.6 is 0 Å². The van der Waals surface area contributed by atoms with Crippen molar-refractivity contribution in [1.29, 1.82) is 0 Å². The van der Waals surface area contributed by atoms with Gasteiger partial charge in [0.25, 0.3) is 21.5 Å². The fourth-order valence-corrected chi connectivity index (χ4v) is 4.16. The Labute approximate surface area is 184 Å². The van der Waals surface area contributed by atoms with E-state index in [1.165, 1.54) is 22.9 Å². The molecule has 0 fully saturated rings. The van der Waals surface area contributed by atoms with Gasteiger partial charge in [-0.2, -0.15) is 5.10 Å². The molecule has 1 aromatic heterocycles. The highest BCUT2D eigenvalue weighted by Crippen LogP contribution is 2.31. The summed E-state index contributed by atoms with van der Waals surface area (Å²) in [7, 11) is -4.10. The molecule has 1 aliphatic rings. The molecular weight excluding hydrogens is 436 g/mol. The first kappa shape index (κ1) is 21.8. The Kier molecular flexibility index (Phi) is 6.10. The van der Waals surface area contributed by atoms with Gasteiger partial charge in [0, 0.05) is 24.4 Å². The molecule has 168 valence electrons. The molecule has 32 heavy (non-hydrogen) atoms. The topological polar surface area (TPSA) is 129 Å². The number of hydrogen-bond acceptors (Lipinski definition) is 7. The van der Waals surface area contributed by atoms with E-state index in [0.29, 0.717) is 54.9 Å². The highest BCUT2D eigenvalue weighted by molar-refractivity contribution is 7.89. The highest BCUT2D eigenvalue weighted by atomic mass is 32.2. The molecule has 0 unspecified atom stereocenters. The average molecular weight is 458 g/mol. The van der Waals surface area contributed by atoms with E-state index >= 15 is 0 Å². The van der Waals surface area contributed by atoms with Crippen molar-refractivity contribution in [2.45, 2.75) is 31.2 Å². The Morgan fingerprint density at radius 2 is 1.81 bits per heavy atom.